The molecule has 3 aromatic rings. The Bertz CT molecular complexity index is 1020. The van der Waals surface area contributed by atoms with Crippen LogP contribution in [0.1, 0.15) is 5.56 Å². The van der Waals surface area contributed by atoms with Crippen LogP contribution in [0.5, 0.6) is 5.75 Å². The fraction of sp³-hybridized carbons (Fsp3) is 0.0526. The van der Waals surface area contributed by atoms with Crippen LogP contribution in [0.4, 0.5) is 5.69 Å². The molecule has 0 aliphatic heterocycles. The summed E-state index contributed by atoms with van der Waals surface area (Å²) in [5, 5.41) is 11.1. The molecular formula is C19H15NO5S. The van der Waals surface area contributed by atoms with Gasteiger partial charge in [0, 0.05) is 6.07 Å². The molecule has 132 valence electrons. The molecule has 0 bridgehead atoms. The number of nitro groups is 1. The maximum absolute atomic E-state index is 12.9. The van der Waals surface area contributed by atoms with E-state index >= 15 is 0 Å². The molecule has 0 radical (unpaired) electrons. The Hall–Kier alpha value is -3.19. The average molecular weight is 369 g/mol. The summed E-state index contributed by atoms with van der Waals surface area (Å²) >= 11 is 0. The molecule has 0 amide bonds. The molecule has 0 spiro atoms. The molecule has 0 fully saturated rings. The molecule has 26 heavy (non-hydrogen) atoms. The minimum atomic E-state index is -3.86. The van der Waals surface area contributed by atoms with E-state index < -0.39 is 14.8 Å². The van der Waals surface area contributed by atoms with E-state index in [4.69, 9.17) is 4.74 Å². The molecule has 0 saturated carbocycles. The molecule has 0 saturated heterocycles. The molecule has 3 rings (SSSR count). The molecule has 0 aliphatic rings. The van der Waals surface area contributed by atoms with Crippen molar-refractivity contribution >= 4 is 15.5 Å². The van der Waals surface area contributed by atoms with Crippen molar-refractivity contribution in [3.05, 3.63) is 94.5 Å². The number of benzene rings is 3. The Morgan fingerprint density at radius 3 is 2.12 bits per heavy atom. The first kappa shape index (κ1) is 17.6. The van der Waals surface area contributed by atoms with Gasteiger partial charge in [-0.05, 0) is 23.8 Å². The molecule has 6 nitrogen and oxygen atoms in total. The third kappa shape index (κ3) is 3.73. The van der Waals surface area contributed by atoms with Gasteiger partial charge >= 0.3 is 0 Å². The summed E-state index contributed by atoms with van der Waals surface area (Å²) in [5.41, 5.74) is 0.585. The summed E-state index contributed by atoms with van der Waals surface area (Å²) in [7, 11) is -3.86. The SMILES string of the molecule is O=[N+]([O-])c1ccc(S(=O)(=O)c2ccccc2)c(OCc2ccccc2)c1. The molecule has 3 aromatic carbocycles. The summed E-state index contributed by atoms with van der Waals surface area (Å²) in [6.45, 7) is 0.0965. The summed E-state index contributed by atoms with van der Waals surface area (Å²) in [5.74, 6) is -0.0492. The Morgan fingerprint density at radius 2 is 1.50 bits per heavy atom. The highest BCUT2D eigenvalue weighted by Gasteiger charge is 2.24. The van der Waals surface area contributed by atoms with E-state index in [0.717, 1.165) is 17.7 Å². The summed E-state index contributed by atoms with van der Waals surface area (Å²) < 4.78 is 31.4. The van der Waals surface area contributed by atoms with Gasteiger partial charge in [-0.25, -0.2) is 8.42 Å². The van der Waals surface area contributed by atoms with Gasteiger partial charge in [0.05, 0.1) is 15.9 Å². The van der Waals surface area contributed by atoms with Crippen molar-refractivity contribution in [1.29, 1.82) is 0 Å². The lowest BCUT2D eigenvalue weighted by atomic mass is 10.2. The number of nitrogens with zero attached hydrogens (tertiary/aromatic N) is 1. The third-order valence-electron chi connectivity index (χ3n) is 3.72. The van der Waals surface area contributed by atoms with Gasteiger partial charge in [0.15, 0.2) is 0 Å². The molecule has 0 unspecified atom stereocenters. The van der Waals surface area contributed by atoms with E-state index in [1.54, 1.807) is 18.2 Å². The van der Waals surface area contributed by atoms with E-state index in [1.165, 1.54) is 18.2 Å². The first-order valence-corrected chi connectivity index (χ1v) is 9.22. The van der Waals surface area contributed by atoms with Gasteiger partial charge in [0.1, 0.15) is 17.3 Å². The largest absolute Gasteiger partial charge is 0.487 e. The Morgan fingerprint density at radius 1 is 0.885 bits per heavy atom. The lowest BCUT2D eigenvalue weighted by Gasteiger charge is -2.12. The van der Waals surface area contributed by atoms with Gasteiger partial charge in [-0.2, -0.15) is 0 Å². The topological polar surface area (TPSA) is 86.5 Å². The fourth-order valence-corrected chi connectivity index (χ4v) is 3.81. The van der Waals surface area contributed by atoms with Crippen LogP contribution in [0.3, 0.4) is 0 Å². The Balaban J connectivity index is 2.03. The number of rotatable bonds is 6. The van der Waals surface area contributed by atoms with Gasteiger partial charge < -0.3 is 4.74 Å². The summed E-state index contributed by atoms with van der Waals surface area (Å²) in [6, 6.07) is 20.5. The van der Waals surface area contributed by atoms with Crippen LogP contribution in [0, 0.1) is 10.1 Å². The highest BCUT2D eigenvalue weighted by molar-refractivity contribution is 7.91. The number of hydrogen-bond acceptors (Lipinski definition) is 5. The number of non-ortho nitro benzene ring substituents is 1. The van der Waals surface area contributed by atoms with Crippen LogP contribution in [-0.4, -0.2) is 13.3 Å². The molecule has 0 aromatic heterocycles. The van der Waals surface area contributed by atoms with E-state index in [-0.39, 0.29) is 27.8 Å². The quantitative estimate of drug-likeness (QED) is 0.484. The molecule has 0 N–H and O–H groups in total. The second-order valence-electron chi connectivity index (χ2n) is 5.48. The monoisotopic (exact) mass is 369 g/mol. The second kappa shape index (κ2) is 7.37. The van der Waals surface area contributed by atoms with Crippen molar-refractivity contribution < 1.29 is 18.1 Å². The predicted octanol–water partition coefficient (Wildman–Crippen LogP) is 4.01. The zero-order valence-electron chi connectivity index (χ0n) is 13.6. The standard InChI is InChI=1S/C19H15NO5S/c21-20(22)16-11-12-19(26(23,24)17-9-5-2-6-10-17)18(13-16)25-14-15-7-3-1-4-8-15/h1-13H,14H2. The fourth-order valence-electron chi connectivity index (χ4n) is 2.41. The minimum Gasteiger partial charge on any atom is -0.487 e. The van der Waals surface area contributed by atoms with E-state index in [0.29, 0.717) is 0 Å². The maximum atomic E-state index is 12.9. The number of nitro benzene ring substituents is 1. The summed E-state index contributed by atoms with van der Waals surface area (Å²) in [6.07, 6.45) is 0. The normalized spacial score (nSPS) is 11.1. The lowest BCUT2D eigenvalue weighted by molar-refractivity contribution is -0.385. The average Bonchev–Trinajstić information content (AvgIpc) is 2.67. The zero-order valence-corrected chi connectivity index (χ0v) is 14.4. The highest BCUT2D eigenvalue weighted by Crippen LogP contribution is 2.33. The number of ether oxygens (including phenoxy) is 1. The van der Waals surface area contributed by atoms with E-state index in [9.17, 15) is 18.5 Å². The highest BCUT2D eigenvalue weighted by atomic mass is 32.2. The van der Waals surface area contributed by atoms with Crippen molar-refractivity contribution in [2.45, 2.75) is 16.4 Å². The van der Waals surface area contributed by atoms with Crippen molar-refractivity contribution in [1.82, 2.24) is 0 Å². The van der Waals surface area contributed by atoms with Crippen molar-refractivity contribution in [2.24, 2.45) is 0 Å². The van der Waals surface area contributed by atoms with Crippen LogP contribution < -0.4 is 4.74 Å². The molecule has 0 heterocycles. The molecule has 0 atom stereocenters. The Labute approximate surface area is 150 Å². The van der Waals surface area contributed by atoms with E-state index in [2.05, 4.69) is 0 Å². The first-order valence-electron chi connectivity index (χ1n) is 7.74. The van der Waals surface area contributed by atoms with Crippen LogP contribution in [0.25, 0.3) is 0 Å². The van der Waals surface area contributed by atoms with Gasteiger partial charge in [-0.1, -0.05) is 48.5 Å². The molecule has 0 aliphatic carbocycles. The van der Waals surface area contributed by atoms with E-state index in [1.807, 2.05) is 30.3 Å². The van der Waals surface area contributed by atoms with Gasteiger partial charge in [-0.15, -0.1) is 0 Å². The third-order valence-corrected chi connectivity index (χ3v) is 5.53. The molecular weight excluding hydrogens is 354 g/mol. The van der Waals surface area contributed by atoms with Gasteiger partial charge in [0.25, 0.3) is 5.69 Å². The van der Waals surface area contributed by atoms with Crippen molar-refractivity contribution in [2.75, 3.05) is 0 Å². The van der Waals surface area contributed by atoms with Crippen LogP contribution >= 0.6 is 0 Å². The zero-order chi connectivity index (χ0) is 18.6. The first-order chi connectivity index (χ1) is 12.5. The van der Waals surface area contributed by atoms with Crippen LogP contribution in [0.15, 0.2) is 88.7 Å². The lowest BCUT2D eigenvalue weighted by Crippen LogP contribution is -2.06. The number of hydrogen-bond donors (Lipinski definition) is 0. The Kier molecular flexibility index (Phi) is 4.99. The van der Waals surface area contributed by atoms with Gasteiger partial charge in [0.2, 0.25) is 9.84 Å². The second-order valence-corrected chi connectivity index (χ2v) is 7.40. The number of sulfone groups is 1. The molecule has 7 heteroatoms. The van der Waals surface area contributed by atoms with Gasteiger partial charge in [-0.3, -0.25) is 10.1 Å². The minimum absolute atomic E-state index is 0.0492. The smallest absolute Gasteiger partial charge is 0.273 e. The van der Waals surface area contributed by atoms with Crippen molar-refractivity contribution in [3.8, 4) is 5.75 Å². The van der Waals surface area contributed by atoms with Crippen molar-refractivity contribution in [3.63, 3.8) is 0 Å². The predicted molar refractivity (Wildman–Crippen MR) is 95.8 cm³/mol. The van der Waals surface area contributed by atoms with Crippen LogP contribution in [0.2, 0.25) is 0 Å². The maximum Gasteiger partial charge on any atom is 0.273 e. The van der Waals surface area contributed by atoms with Crippen LogP contribution in [-0.2, 0) is 16.4 Å². The summed E-state index contributed by atoms with van der Waals surface area (Å²) in [4.78, 5) is 10.5.